The largest absolute Gasteiger partial charge is 0.414 e. The van der Waals surface area contributed by atoms with Crippen LogP contribution in [0.1, 0.15) is 46.5 Å². The molecule has 2 fully saturated rings. The molecule has 0 spiro atoms. The maximum atomic E-state index is 12.7. The van der Waals surface area contributed by atoms with E-state index in [1.165, 1.54) is 0 Å². The Kier molecular flexibility index (Phi) is 5.99. The number of ether oxygens (including phenoxy) is 3. The van der Waals surface area contributed by atoms with E-state index in [-0.39, 0.29) is 17.3 Å². The minimum Gasteiger partial charge on any atom is -0.414 e. The molecule has 2 aliphatic heterocycles. The van der Waals surface area contributed by atoms with Crippen LogP contribution >= 0.6 is 0 Å². The van der Waals surface area contributed by atoms with Crippen molar-refractivity contribution in [1.29, 1.82) is 0 Å². The summed E-state index contributed by atoms with van der Waals surface area (Å²) in [4.78, 5) is 26.7. The summed E-state index contributed by atoms with van der Waals surface area (Å²) in [5, 5.41) is 12.1. The zero-order chi connectivity index (χ0) is 23.4. The molecule has 174 valence electrons. The van der Waals surface area contributed by atoms with Crippen molar-refractivity contribution < 1.29 is 23.8 Å². The first kappa shape index (κ1) is 23.7. The van der Waals surface area contributed by atoms with Crippen LogP contribution in [0.4, 0.5) is 0 Å². The van der Waals surface area contributed by atoms with Gasteiger partial charge in [0.05, 0.1) is 12.3 Å². The Labute approximate surface area is 181 Å². The number of nitrogens with zero attached hydrogens (tertiary/aromatic N) is 2. The van der Waals surface area contributed by atoms with Gasteiger partial charge in [-0.3, -0.25) is 14.3 Å². The van der Waals surface area contributed by atoms with Gasteiger partial charge in [-0.05, 0) is 32.0 Å². The molecule has 0 saturated carbocycles. The van der Waals surface area contributed by atoms with Crippen molar-refractivity contribution in [2.45, 2.75) is 83.1 Å². The maximum absolute atomic E-state index is 12.7. The number of aromatic nitrogens is 2. The molecule has 12 heteroatoms. The van der Waals surface area contributed by atoms with Gasteiger partial charge in [-0.15, -0.1) is 0 Å². The molecule has 0 radical (unpaired) electrons. The number of rotatable bonds is 5. The number of nitrogens with one attached hydrogen (secondary N) is 1. The van der Waals surface area contributed by atoms with E-state index in [2.05, 4.69) is 44.0 Å². The van der Waals surface area contributed by atoms with Gasteiger partial charge < -0.3 is 29.6 Å². The molecule has 2 saturated heterocycles. The zero-order valence-electron chi connectivity index (χ0n) is 19.0. The average Bonchev–Trinajstić information content (AvgIpc) is 3.11. The third-order valence-electron chi connectivity index (χ3n) is 6.14. The van der Waals surface area contributed by atoms with Gasteiger partial charge in [0.15, 0.2) is 26.2 Å². The summed E-state index contributed by atoms with van der Waals surface area (Å²) in [6, 6.07) is 1.06. The smallest absolute Gasteiger partial charge is 0.331 e. The van der Waals surface area contributed by atoms with Gasteiger partial charge in [-0.25, -0.2) is 4.79 Å². The minimum absolute atomic E-state index is 0.00573. The number of fused-ring (bicyclic) bond motifs is 1. The number of amidine groups is 1. The molecule has 31 heavy (non-hydrogen) atoms. The highest BCUT2D eigenvalue weighted by Gasteiger charge is 2.57. The van der Waals surface area contributed by atoms with Crippen LogP contribution in [0.15, 0.2) is 20.8 Å². The molecule has 3 heterocycles. The molecule has 1 aromatic rings. The predicted molar refractivity (Wildman–Crippen MR) is 115 cm³/mol. The molecule has 0 aliphatic carbocycles. The molecule has 1 aromatic heterocycles. The second-order valence-electron chi connectivity index (χ2n) is 9.88. The first-order valence-electron chi connectivity index (χ1n) is 10.2. The highest BCUT2D eigenvalue weighted by Crippen LogP contribution is 2.44. The third-order valence-corrected chi connectivity index (χ3v) is 10.6. The Hall–Kier alpha value is -1.99. The lowest BCUT2D eigenvalue weighted by Crippen LogP contribution is -2.44. The van der Waals surface area contributed by atoms with E-state index in [1.807, 2.05) is 0 Å². The van der Waals surface area contributed by atoms with Crippen LogP contribution in [0.3, 0.4) is 0 Å². The summed E-state index contributed by atoms with van der Waals surface area (Å²) in [6.45, 7) is 14.5. The summed E-state index contributed by atoms with van der Waals surface area (Å²) in [5.41, 5.74) is 4.20. The van der Waals surface area contributed by atoms with E-state index in [0.717, 1.165) is 10.6 Å². The van der Waals surface area contributed by atoms with E-state index in [1.54, 1.807) is 13.8 Å². The summed E-state index contributed by atoms with van der Waals surface area (Å²) in [7, 11) is -2.07. The highest BCUT2D eigenvalue weighted by molar-refractivity contribution is 6.74. The Bertz CT molecular complexity index is 979. The summed E-state index contributed by atoms with van der Waals surface area (Å²) in [6.07, 6.45) is -2.68. The van der Waals surface area contributed by atoms with Crippen molar-refractivity contribution in [2.75, 3.05) is 6.61 Å². The van der Waals surface area contributed by atoms with Crippen molar-refractivity contribution in [1.82, 2.24) is 9.55 Å². The van der Waals surface area contributed by atoms with Crippen LogP contribution in [-0.4, -0.2) is 59.6 Å². The van der Waals surface area contributed by atoms with Crippen LogP contribution in [0.2, 0.25) is 18.1 Å². The fourth-order valence-corrected chi connectivity index (χ4v) is 4.53. The monoisotopic (exact) mass is 456 g/mol. The van der Waals surface area contributed by atoms with E-state index in [9.17, 15) is 9.59 Å². The van der Waals surface area contributed by atoms with Crippen molar-refractivity contribution in [3.05, 3.63) is 32.6 Å². The zero-order valence-corrected chi connectivity index (χ0v) is 20.0. The number of aromatic amines is 1. The molecule has 0 unspecified atom stereocenters. The number of hydrogen-bond donors (Lipinski definition) is 3. The molecule has 4 atom stereocenters. The van der Waals surface area contributed by atoms with Crippen molar-refractivity contribution >= 4 is 14.2 Å². The fourth-order valence-electron chi connectivity index (χ4n) is 3.51. The van der Waals surface area contributed by atoms with Gasteiger partial charge in [0.25, 0.3) is 5.56 Å². The Morgan fingerprint density at radius 1 is 1.32 bits per heavy atom. The lowest BCUT2D eigenvalue weighted by Gasteiger charge is -2.37. The Balaban J connectivity index is 1.98. The quantitative estimate of drug-likeness (QED) is 0.196. The standard InChI is InChI=1S/C19H32N4O7Si/c1-18(2,3)31(6,7)27-9-11-13-14(30-19(4,5)29-13)16(28-11)23-10(15(20)22-26)8-12(24)21-17(23)25/h8,11,13-14,16,26H,9H2,1-7H3,(H2,20,22)(H,21,24,25)/t11-,13-,14-,16-/m1/s1. The highest BCUT2D eigenvalue weighted by atomic mass is 28.4. The fraction of sp³-hybridized carbons (Fsp3) is 0.737. The van der Waals surface area contributed by atoms with Gasteiger partial charge in [0.2, 0.25) is 0 Å². The van der Waals surface area contributed by atoms with Gasteiger partial charge in [0, 0.05) is 6.07 Å². The first-order valence-corrected chi connectivity index (χ1v) is 13.1. The molecule has 4 N–H and O–H groups in total. The van der Waals surface area contributed by atoms with Crippen LogP contribution < -0.4 is 17.0 Å². The van der Waals surface area contributed by atoms with Crippen molar-refractivity contribution in [3.63, 3.8) is 0 Å². The minimum atomic E-state index is -2.07. The predicted octanol–water partition coefficient (Wildman–Crippen LogP) is 1.07. The number of nitrogens with two attached hydrogens (primary N) is 1. The average molecular weight is 457 g/mol. The maximum Gasteiger partial charge on any atom is 0.331 e. The number of H-pyrrole nitrogens is 1. The lowest BCUT2D eigenvalue weighted by atomic mass is 10.1. The van der Waals surface area contributed by atoms with Crippen molar-refractivity contribution in [3.8, 4) is 0 Å². The van der Waals surface area contributed by atoms with E-state index in [4.69, 9.17) is 29.6 Å². The molecule has 11 nitrogen and oxygen atoms in total. The third kappa shape index (κ3) is 4.48. The molecular formula is C19H32N4O7Si. The Morgan fingerprint density at radius 3 is 2.52 bits per heavy atom. The van der Waals surface area contributed by atoms with Crippen LogP contribution in [0.5, 0.6) is 0 Å². The first-order chi connectivity index (χ1) is 14.2. The molecular weight excluding hydrogens is 424 g/mol. The molecule has 3 rings (SSSR count). The topological polar surface area (TPSA) is 150 Å². The number of oxime groups is 1. The lowest BCUT2D eigenvalue weighted by molar-refractivity contribution is -0.200. The van der Waals surface area contributed by atoms with E-state index >= 15 is 0 Å². The van der Waals surface area contributed by atoms with Gasteiger partial charge in [-0.2, -0.15) is 0 Å². The van der Waals surface area contributed by atoms with Gasteiger partial charge in [-0.1, -0.05) is 25.9 Å². The van der Waals surface area contributed by atoms with Crippen LogP contribution in [0.25, 0.3) is 0 Å². The van der Waals surface area contributed by atoms with Crippen molar-refractivity contribution in [2.24, 2.45) is 10.9 Å². The van der Waals surface area contributed by atoms with Crippen LogP contribution in [0, 0.1) is 0 Å². The van der Waals surface area contributed by atoms with E-state index < -0.39 is 55.7 Å². The molecule has 2 aliphatic rings. The molecule has 0 aromatic carbocycles. The summed E-state index contributed by atoms with van der Waals surface area (Å²) >= 11 is 0. The second-order valence-corrected chi connectivity index (χ2v) is 14.7. The van der Waals surface area contributed by atoms with Gasteiger partial charge in [0.1, 0.15) is 18.3 Å². The second kappa shape index (κ2) is 7.85. The van der Waals surface area contributed by atoms with E-state index in [0.29, 0.717) is 0 Å². The van der Waals surface area contributed by atoms with Crippen LogP contribution in [-0.2, 0) is 18.6 Å². The SMILES string of the molecule is CC1(C)O[C@@H]2[C@H](O1)[C@@H](CO[Si](C)(C)C(C)(C)C)O[C@H]2n1c(/C(N)=N/O)cc(=O)[nH]c1=O. The summed E-state index contributed by atoms with van der Waals surface area (Å²) < 4.78 is 25.7. The molecule has 0 amide bonds. The van der Waals surface area contributed by atoms with Gasteiger partial charge >= 0.3 is 5.69 Å². The summed E-state index contributed by atoms with van der Waals surface area (Å²) in [5.74, 6) is -1.31. The number of hydrogen-bond acceptors (Lipinski definition) is 8. The molecule has 0 bridgehead atoms. The normalized spacial score (nSPS) is 28.7. The Morgan fingerprint density at radius 2 is 1.94 bits per heavy atom.